The van der Waals surface area contributed by atoms with Crippen LogP contribution in [-0.2, 0) is 0 Å². The molecular weight excluding hydrogens is 286 g/mol. The number of rotatable bonds is 6. The van der Waals surface area contributed by atoms with E-state index in [0.717, 1.165) is 10.7 Å². The molecule has 2 aromatic rings. The van der Waals surface area contributed by atoms with Crippen molar-refractivity contribution in [1.29, 1.82) is 0 Å². The Hall–Kier alpha value is -2.02. The molecule has 0 aliphatic carbocycles. The predicted molar refractivity (Wildman–Crippen MR) is 83.8 cm³/mol. The Kier molecular flexibility index (Phi) is 5.21. The fraction of sp³-hybridized carbons (Fsp3) is 0.429. The average Bonchev–Trinajstić information content (AvgIpc) is 2.87. The zero-order valence-electron chi connectivity index (χ0n) is 12.4. The summed E-state index contributed by atoms with van der Waals surface area (Å²) in [6.45, 7) is 7.09. The van der Waals surface area contributed by atoms with Gasteiger partial charge in [-0.05, 0) is 13.0 Å². The number of carbonyl (C=O) groups is 1. The summed E-state index contributed by atoms with van der Waals surface area (Å²) in [5.41, 5.74) is 0.792. The van der Waals surface area contributed by atoms with E-state index >= 15 is 0 Å². The van der Waals surface area contributed by atoms with Crippen molar-refractivity contribution in [3.63, 3.8) is 0 Å². The maximum Gasteiger partial charge on any atom is 0.263 e. The van der Waals surface area contributed by atoms with Gasteiger partial charge in [0.1, 0.15) is 4.88 Å². The van der Waals surface area contributed by atoms with E-state index in [-0.39, 0.29) is 5.91 Å². The minimum absolute atomic E-state index is 0.0762. The lowest BCUT2D eigenvalue weighted by molar-refractivity contribution is 0.0958. The molecule has 0 aromatic carbocycles. The van der Waals surface area contributed by atoms with E-state index in [1.165, 1.54) is 11.3 Å². The highest BCUT2D eigenvalue weighted by Gasteiger charge is 2.16. The second-order valence-electron chi connectivity index (χ2n) is 4.88. The first kappa shape index (κ1) is 15.4. The molecular formula is C14H19N5OS. The van der Waals surface area contributed by atoms with Gasteiger partial charge in [-0.2, -0.15) is 0 Å². The van der Waals surface area contributed by atoms with Crippen molar-refractivity contribution in [1.82, 2.24) is 20.3 Å². The largest absolute Gasteiger partial charge is 0.352 e. The van der Waals surface area contributed by atoms with Gasteiger partial charge in [0.2, 0.25) is 5.95 Å². The lowest BCUT2D eigenvalue weighted by atomic mass is 10.2. The highest BCUT2D eigenvalue weighted by atomic mass is 32.1. The highest BCUT2D eigenvalue weighted by molar-refractivity contribution is 7.13. The van der Waals surface area contributed by atoms with Crippen LogP contribution in [-0.4, -0.2) is 33.9 Å². The normalized spacial score (nSPS) is 10.7. The molecule has 0 bridgehead atoms. The molecule has 0 aliphatic heterocycles. The number of nitrogens with one attached hydrogen (secondary N) is 2. The second-order valence-corrected chi connectivity index (χ2v) is 5.91. The maximum absolute atomic E-state index is 12.1. The zero-order chi connectivity index (χ0) is 15.2. The summed E-state index contributed by atoms with van der Waals surface area (Å²) >= 11 is 1.46. The first-order valence-electron chi connectivity index (χ1n) is 6.84. The molecule has 1 amide bonds. The SMILES string of the molecule is Cc1nc(C(C)C)sc1C(=O)NCCNc1ncccn1. The topological polar surface area (TPSA) is 79.8 Å². The molecule has 0 fully saturated rings. The molecule has 0 aliphatic rings. The van der Waals surface area contributed by atoms with E-state index < -0.39 is 0 Å². The van der Waals surface area contributed by atoms with Crippen LogP contribution < -0.4 is 10.6 Å². The lowest BCUT2D eigenvalue weighted by Gasteiger charge is -2.05. The Labute approximate surface area is 128 Å². The molecule has 112 valence electrons. The van der Waals surface area contributed by atoms with Crippen molar-refractivity contribution >= 4 is 23.2 Å². The Balaban J connectivity index is 1.82. The van der Waals surface area contributed by atoms with Crippen LogP contribution in [0.1, 0.15) is 40.1 Å². The van der Waals surface area contributed by atoms with Crippen LogP contribution in [0.4, 0.5) is 5.95 Å². The van der Waals surface area contributed by atoms with Gasteiger partial charge in [0.15, 0.2) is 0 Å². The van der Waals surface area contributed by atoms with E-state index in [0.29, 0.717) is 29.8 Å². The average molecular weight is 305 g/mol. The van der Waals surface area contributed by atoms with Gasteiger partial charge in [-0.1, -0.05) is 13.8 Å². The number of thiazole rings is 1. The van der Waals surface area contributed by atoms with Gasteiger partial charge >= 0.3 is 0 Å². The van der Waals surface area contributed by atoms with Crippen LogP contribution >= 0.6 is 11.3 Å². The van der Waals surface area contributed by atoms with E-state index in [9.17, 15) is 4.79 Å². The summed E-state index contributed by atoms with van der Waals surface area (Å²) in [5, 5.41) is 6.91. The van der Waals surface area contributed by atoms with Crippen LogP contribution in [0.2, 0.25) is 0 Å². The fourth-order valence-electron chi connectivity index (χ4n) is 1.70. The number of hydrogen-bond acceptors (Lipinski definition) is 6. The van der Waals surface area contributed by atoms with Gasteiger partial charge in [-0.15, -0.1) is 11.3 Å². The number of carbonyl (C=O) groups excluding carboxylic acids is 1. The molecule has 2 aromatic heterocycles. The molecule has 0 unspecified atom stereocenters. The second kappa shape index (κ2) is 7.12. The number of anilines is 1. The van der Waals surface area contributed by atoms with Gasteiger partial charge in [-0.3, -0.25) is 4.79 Å². The standard InChI is InChI=1S/C14H19N5OS/c1-9(2)13-19-10(3)11(21-13)12(20)15-7-8-18-14-16-5-4-6-17-14/h4-6,9H,7-8H2,1-3H3,(H,15,20)(H,16,17,18). The van der Waals surface area contributed by atoms with Crippen molar-refractivity contribution in [3.8, 4) is 0 Å². The molecule has 0 atom stereocenters. The van der Waals surface area contributed by atoms with Gasteiger partial charge < -0.3 is 10.6 Å². The third-order valence-corrected chi connectivity index (χ3v) is 4.23. The molecule has 2 N–H and O–H groups in total. The monoisotopic (exact) mass is 305 g/mol. The van der Waals surface area contributed by atoms with Crippen LogP contribution in [0.15, 0.2) is 18.5 Å². The van der Waals surface area contributed by atoms with Crippen LogP contribution in [0, 0.1) is 6.92 Å². The minimum Gasteiger partial charge on any atom is -0.352 e. The smallest absolute Gasteiger partial charge is 0.263 e. The van der Waals surface area contributed by atoms with Crippen molar-refractivity contribution in [3.05, 3.63) is 34.0 Å². The molecule has 0 saturated carbocycles. The van der Waals surface area contributed by atoms with Crippen molar-refractivity contribution < 1.29 is 4.79 Å². The van der Waals surface area contributed by atoms with E-state index in [2.05, 4.69) is 39.4 Å². The number of aromatic nitrogens is 3. The van der Waals surface area contributed by atoms with Gasteiger partial charge in [0, 0.05) is 31.4 Å². The fourth-order valence-corrected chi connectivity index (χ4v) is 2.68. The first-order chi connectivity index (χ1) is 10.1. The minimum atomic E-state index is -0.0762. The third-order valence-electron chi connectivity index (χ3n) is 2.77. The molecule has 21 heavy (non-hydrogen) atoms. The highest BCUT2D eigenvalue weighted by Crippen LogP contribution is 2.24. The lowest BCUT2D eigenvalue weighted by Crippen LogP contribution is -2.28. The Bertz CT molecular complexity index is 597. The summed E-state index contributed by atoms with van der Waals surface area (Å²) in [5.74, 6) is 0.822. The van der Waals surface area contributed by atoms with E-state index in [1.54, 1.807) is 18.5 Å². The summed E-state index contributed by atoms with van der Waals surface area (Å²) < 4.78 is 0. The number of hydrogen-bond donors (Lipinski definition) is 2. The van der Waals surface area contributed by atoms with Crippen molar-refractivity contribution in [2.24, 2.45) is 0 Å². The Morgan fingerprint density at radius 2 is 2.00 bits per heavy atom. The molecule has 2 rings (SSSR count). The number of aryl methyl sites for hydroxylation is 1. The van der Waals surface area contributed by atoms with Crippen LogP contribution in [0.5, 0.6) is 0 Å². The zero-order valence-corrected chi connectivity index (χ0v) is 13.2. The van der Waals surface area contributed by atoms with Crippen molar-refractivity contribution in [2.45, 2.75) is 26.7 Å². The van der Waals surface area contributed by atoms with Crippen LogP contribution in [0.3, 0.4) is 0 Å². The van der Waals surface area contributed by atoms with Gasteiger partial charge in [-0.25, -0.2) is 15.0 Å². The quantitative estimate of drug-likeness (QED) is 0.800. The third kappa shape index (κ3) is 4.22. The van der Waals surface area contributed by atoms with Crippen molar-refractivity contribution in [2.75, 3.05) is 18.4 Å². The Morgan fingerprint density at radius 1 is 1.29 bits per heavy atom. The molecule has 0 saturated heterocycles. The maximum atomic E-state index is 12.1. The summed E-state index contributed by atoms with van der Waals surface area (Å²) in [6, 6.07) is 1.76. The summed E-state index contributed by atoms with van der Waals surface area (Å²) in [6.07, 6.45) is 3.34. The summed E-state index contributed by atoms with van der Waals surface area (Å²) in [7, 11) is 0. The van der Waals surface area contributed by atoms with Gasteiger partial charge in [0.05, 0.1) is 10.7 Å². The molecule has 0 spiro atoms. The van der Waals surface area contributed by atoms with E-state index in [4.69, 9.17) is 0 Å². The number of amides is 1. The summed E-state index contributed by atoms with van der Waals surface area (Å²) in [4.78, 5) is 25.3. The van der Waals surface area contributed by atoms with E-state index in [1.807, 2.05) is 6.92 Å². The Morgan fingerprint density at radius 3 is 2.62 bits per heavy atom. The first-order valence-corrected chi connectivity index (χ1v) is 7.66. The molecule has 2 heterocycles. The van der Waals surface area contributed by atoms with Crippen LogP contribution in [0.25, 0.3) is 0 Å². The predicted octanol–water partition coefficient (Wildman–Crippen LogP) is 2.21. The number of nitrogens with zero attached hydrogens (tertiary/aromatic N) is 3. The molecule has 0 radical (unpaired) electrons. The van der Waals surface area contributed by atoms with Gasteiger partial charge in [0.25, 0.3) is 5.91 Å². The molecule has 6 nitrogen and oxygen atoms in total. The molecule has 7 heteroatoms.